The minimum atomic E-state index is -0.00779. The summed E-state index contributed by atoms with van der Waals surface area (Å²) in [5.74, 6) is 0.820. The Balaban J connectivity index is 2.15. The van der Waals surface area contributed by atoms with Gasteiger partial charge in [0, 0.05) is 26.7 Å². The fourth-order valence-corrected chi connectivity index (χ4v) is 2.66. The molecule has 0 aliphatic carbocycles. The zero-order valence-electron chi connectivity index (χ0n) is 11.3. The van der Waals surface area contributed by atoms with Gasteiger partial charge in [0.15, 0.2) is 0 Å². The molecule has 0 saturated heterocycles. The number of ether oxygens (including phenoxy) is 1. The predicted octanol–water partition coefficient (Wildman–Crippen LogP) is 5.09. The first-order chi connectivity index (χ1) is 9.61. The lowest BCUT2D eigenvalue weighted by Crippen LogP contribution is -2.10. The lowest BCUT2D eigenvalue weighted by molar-refractivity contribution is 0.301. The Morgan fingerprint density at radius 2 is 2.00 bits per heavy atom. The van der Waals surface area contributed by atoms with E-state index >= 15 is 0 Å². The molecular formula is C16H17BrClNO. The third-order valence-corrected chi connectivity index (χ3v) is 4.00. The Kier molecular flexibility index (Phi) is 5.46. The van der Waals surface area contributed by atoms with Crippen LogP contribution >= 0.6 is 27.5 Å². The minimum absolute atomic E-state index is 0.00779. The van der Waals surface area contributed by atoms with Gasteiger partial charge in [-0.3, -0.25) is 0 Å². The summed E-state index contributed by atoms with van der Waals surface area (Å²) in [6.45, 7) is 2.49. The van der Waals surface area contributed by atoms with E-state index in [-0.39, 0.29) is 6.04 Å². The smallest absolute Gasteiger partial charge is 0.124 e. The fourth-order valence-electron chi connectivity index (χ4n) is 1.93. The molecule has 106 valence electrons. The molecule has 1 atom stereocenters. The first-order valence-electron chi connectivity index (χ1n) is 6.53. The van der Waals surface area contributed by atoms with Crippen LogP contribution in [0.2, 0.25) is 5.02 Å². The van der Waals surface area contributed by atoms with E-state index in [0.717, 1.165) is 27.8 Å². The minimum Gasteiger partial charge on any atom is -0.489 e. The van der Waals surface area contributed by atoms with Crippen LogP contribution in [0.4, 0.5) is 0 Å². The van der Waals surface area contributed by atoms with Gasteiger partial charge >= 0.3 is 0 Å². The molecule has 2 aromatic carbocycles. The highest BCUT2D eigenvalue weighted by molar-refractivity contribution is 9.10. The van der Waals surface area contributed by atoms with Crippen molar-refractivity contribution in [2.24, 2.45) is 5.73 Å². The van der Waals surface area contributed by atoms with Crippen molar-refractivity contribution < 1.29 is 4.74 Å². The third-order valence-electron chi connectivity index (χ3n) is 3.16. The van der Waals surface area contributed by atoms with Gasteiger partial charge in [-0.25, -0.2) is 0 Å². The van der Waals surface area contributed by atoms with E-state index in [4.69, 9.17) is 22.1 Å². The summed E-state index contributed by atoms with van der Waals surface area (Å²) >= 11 is 9.58. The maximum Gasteiger partial charge on any atom is 0.124 e. The van der Waals surface area contributed by atoms with E-state index < -0.39 is 0 Å². The topological polar surface area (TPSA) is 35.2 Å². The van der Waals surface area contributed by atoms with Crippen LogP contribution in [-0.4, -0.2) is 0 Å². The number of hydrogen-bond donors (Lipinski definition) is 1. The van der Waals surface area contributed by atoms with Crippen LogP contribution in [0.15, 0.2) is 46.9 Å². The van der Waals surface area contributed by atoms with Crippen molar-refractivity contribution in [3.05, 3.63) is 63.1 Å². The molecule has 0 radical (unpaired) electrons. The molecule has 2 rings (SSSR count). The molecule has 0 heterocycles. The fraction of sp³-hybridized carbons (Fsp3) is 0.250. The maximum absolute atomic E-state index is 6.19. The molecule has 0 unspecified atom stereocenters. The number of para-hydroxylation sites is 1. The van der Waals surface area contributed by atoms with Crippen LogP contribution < -0.4 is 10.5 Å². The summed E-state index contributed by atoms with van der Waals surface area (Å²) in [4.78, 5) is 0. The van der Waals surface area contributed by atoms with Crippen LogP contribution in [0, 0.1) is 0 Å². The van der Waals surface area contributed by atoms with E-state index in [1.807, 2.05) is 42.5 Å². The Morgan fingerprint density at radius 1 is 1.25 bits per heavy atom. The van der Waals surface area contributed by atoms with Crippen molar-refractivity contribution in [3.8, 4) is 5.75 Å². The highest BCUT2D eigenvalue weighted by Crippen LogP contribution is 2.28. The van der Waals surface area contributed by atoms with Gasteiger partial charge in [-0.2, -0.15) is 0 Å². The van der Waals surface area contributed by atoms with E-state index in [1.165, 1.54) is 0 Å². The van der Waals surface area contributed by atoms with Crippen LogP contribution in [0.5, 0.6) is 5.75 Å². The standard InChI is InChI=1S/C16H17BrClNO/c1-2-15(19)13-5-3-4-6-16(13)20-10-11-7-8-12(17)9-14(11)18/h3-9,15H,2,10,19H2,1H3/t15-/m0/s1. The van der Waals surface area contributed by atoms with Gasteiger partial charge in [0.05, 0.1) is 0 Å². The largest absolute Gasteiger partial charge is 0.489 e. The van der Waals surface area contributed by atoms with Crippen molar-refractivity contribution in [1.29, 1.82) is 0 Å². The van der Waals surface area contributed by atoms with Crippen LogP contribution in [0.1, 0.15) is 30.5 Å². The quantitative estimate of drug-likeness (QED) is 0.811. The van der Waals surface area contributed by atoms with Crippen molar-refractivity contribution >= 4 is 27.5 Å². The Morgan fingerprint density at radius 3 is 2.70 bits per heavy atom. The normalized spacial score (nSPS) is 12.2. The second-order valence-corrected chi connectivity index (χ2v) is 5.90. The van der Waals surface area contributed by atoms with E-state index in [1.54, 1.807) is 0 Å². The molecule has 2 aromatic rings. The first-order valence-corrected chi connectivity index (χ1v) is 7.70. The molecule has 20 heavy (non-hydrogen) atoms. The van der Waals surface area contributed by atoms with Crippen LogP contribution in [-0.2, 0) is 6.61 Å². The molecule has 0 saturated carbocycles. The van der Waals surface area contributed by atoms with Gasteiger partial charge in [-0.1, -0.05) is 58.7 Å². The summed E-state index contributed by atoms with van der Waals surface area (Å²) in [7, 11) is 0. The summed E-state index contributed by atoms with van der Waals surface area (Å²) in [6.07, 6.45) is 0.874. The van der Waals surface area contributed by atoms with Gasteiger partial charge < -0.3 is 10.5 Å². The first kappa shape index (κ1) is 15.4. The van der Waals surface area contributed by atoms with Crippen molar-refractivity contribution in [1.82, 2.24) is 0 Å². The van der Waals surface area contributed by atoms with Crippen LogP contribution in [0.25, 0.3) is 0 Å². The molecule has 0 amide bonds. The summed E-state index contributed by atoms with van der Waals surface area (Å²) in [5.41, 5.74) is 8.09. The van der Waals surface area contributed by atoms with Crippen molar-refractivity contribution in [3.63, 3.8) is 0 Å². The maximum atomic E-state index is 6.19. The summed E-state index contributed by atoms with van der Waals surface area (Å²) in [6, 6.07) is 13.6. The van der Waals surface area contributed by atoms with E-state index in [2.05, 4.69) is 22.9 Å². The average Bonchev–Trinajstić information content (AvgIpc) is 2.46. The SMILES string of the molecule is CC[C@H](N)c1ccccc1OCc1ccc(Br)cc1Cl. The Labute approximate surface area is 133 Å². The van der Waals surface area contributed by atoms with Crippen molar-refractivity contribution in [2.75, 3.05) is 0 Å². The molecule has 0 spiro atoms. The van der Waals surface area contributed by atoms with Crippen LogP contribution in [0.3, 0.4) is 0 Å². The number of hydrogen-bond acceptors (Lipinski definition) is 2. The highest BCUT2D eigenvalue weighted by atomic mass is 79.9. The predicted molar refractivity (Wildman–Crippen MR) is 87.1 cm³/mol. The van der Waals surface area contributed by atoms with Gasteiger partial charge in [0.1, 0.15) is 12.4 Å². The molecule has 2 N–H and O–H groups in total. The molecule has 0 aliphatic rings. The Hall–Kier alpha value is -1.03. The lowest BCUT2D eigenvalue weighted by Gasteiger charge is -2.16. The molecule has 4 heteroatoms. The molecule has 0 aliphatic heterocycles. The molecule has 0 aromatic heterocycles. The number of halogens is 2. The van der Waals surface area contributed by atoms with E-state index in [9.17, 15) is 0 Å². The Bertz CT molecular complexity index is 588. The summed E-state index contributed by atoms with van der Waals surface area (Å²) < 4.78 is 6.85. The van der Waals surface area contributed by atoms with Gasteiger partial charge in [0.25, 0.3) is 0 Å². The molecular weight excluding hydrogens is 338 g/mol. The second kappa shape index (κ2) is 7.11. The number of nitrogens with two attached hydrogens (primary N) is 1. The number of benzene rings is 2. The number of rotatable bonds is 5. The highest BCUT2D eigenvalue weighted by Gasteiger charge is 2.10. The lowest BCUT2D eigenvalue weighted by atomic mass is 10.0. The van der Waals surface area contributed by atoms with Gasteiger partial charge in [0.2, 0.25) is 0 Å². The zero-order valence-corrected chi connectivity index (χ0v) is 13.6. The molecule has 0 bridgehead atoms. The van der Waals surface area contributed by atoms with Gasteiger partial charge in [-0.15, -0.1) is 0 Å². The van der Waals surface area contributed by atoms with Crippen molar-refractivity contribution in [2.45, 2.75) is 26.0 Å². The zero-order chi connectivity index (χ0) is 14.5. The molecule has 2 nitrogen and oxygen atoms in total. The monoisotopic (exact) mass is 353 g/mol. The second-order valence-electron chi connectivity index (χ2n) is 4.58. The molecule has 0 fully saturated rings. The summed E-state index contributed by atoms with van der Waals surface area (Å²) in [5, 5.41) is 0.691. The third kappa shape index (κ3) is 3.75. The average molecular weight is 355 g/mol. The van der Waals surface area contributed by atoms with Gasteiger partial charge in [-0.05, 0) is 24.6 Å². The van der Waals surface area contributed by atoms with E-state index in [0.29, 0.717) is 11.6 Å².